The van der Waals surface area contributed by atoms with Crippen LogP contribution >= 0.6 is 0 Å². The molecule has 2 rings (SSSR count). The Morgan fingerprint density at radius 1 is 1.25 bits per heavy atom. The Hall–Kier alpha value is -2.50. The van der Waals surface area contributed by atoms with E-state index in [1.807, 2.05) is 24.3 Å². The van der Waals surface area contributed by atoms with Crippen molar-refractivity contribution in [1.82, 2.24) is 0 Å². The molecule has 20 heavy (non-hydrogen) atoms. The van der Waals surface area contributed by atoms with E-state index < -0.39 is 4.92 Å². The smallest absolute Gasteiger partial charge is 0.433 e. The number of anilines is 1. The second kappa shape index (κ2) is 6.60. The summed E-state index contributed by atoms with van der Waals surface area (Å²) in [5.74, 6) is 1.10. The van der Waals surface area contributed by atoms with Crippen molar-refractivity contribution >= 4 is 11.6 Å². The molecule has 0 saturated carbocycles. The number of hydrogen-bond donors (Lipinski definition) is 1. The lowest BCUT2D eigenvalue weighted by atomic mass is 10.3. The van der Waals surface area contributed by atoms with Crippen LogP contribution in [0.2, 0.25) is 0 Å². The van der Waals surface area contributed by atoms with Crippen LogP contribution in [0.25, 0.3) is 0 Å². The molecule has 0 unspecified atom stereocenters. The third-order valence-electron chi connectivity index (χ3n) is 2.62. The van der Waals surface area contributed by atoms with Crippen molar-refractivity contribution in [2.24, 2.45) is 0 Å². The van der Waals surface area contributed by atoms with Gasteiger partial charge >= 0.3 is 5.88 Å². The molecule has 0 saturated heterocycles. The zero-order chi connectivity index (χ0) is 14.4. The van der Waals surface area contributed by atoms with Gasteiger partial charge in [0.1, 0.15) is 16.4 Å². The highest BCUT2D eigenvalue weighted by Crippen LogP contribution is 2.19. The largest absolute Gasteiger partial charge is 0.494 e. The second-order valence-electron chi connectivity index (χ2n) is 4.22. The molecule has 0 aliphatic heterocycles. The summed E-state index contributed by atoms with van der Waals surface area (Å²) in [4.78, 5) is 9.94. The van der Waals surface area contributed by atoms with Gasteiger partial charge in [-0.2, -0.15) is 0 Å². The fraction of sp³-hybridized carbons (Fsp3) is 0.286. The van der Waals surface area contributed by atoms with Crippen molar-refractivity contribution in [3.05, 3.63) is 52.3 Å². The first-order valence-electron chi connectivity index (χ1n) is 6.39. The highest BCUT2D eigenvalue weighted by atomic mass is 16.6. The number of ether oxygens (including phenoxy) is 1. The highest BCUT2D eigenvalue weighted by molar-refractivity contribution is 5.46. The predicted molar refractivity (Wildman–Crippen MR) is 74.9 cm³/mol. The zero-order valence-corrected chi connectivity index (χ0v) is 11.2. The van der Waals surface area contributed by atoms with Crippen molar-refractivity contribution in [2.75, 3.05) is 11.9 Å². The molecule has 0 aliphatic rings. The molecule has 1 aromatic carbocycles. The number of rotatable bonds is 7. The summed E-state index contributed by atoms with van der Waals surface area (Å²) in [6, 6.07) is 10.5. The number of nitrogens with one attached hydrogen (secondary N) is 1. The maximum absolute atomic E-state index is 10.5. The van der Waals surface area contributed by atoms with E-state index in [1.54, 1.807) is 6.07 Å². The highest BCUT2D eigenvalue weighted by Gasteiger charge is 2.11. The van der Waals surface area contributed by atoms with Crippen LogP contribution in [-0.2, 0) is 6.54 Å². The summed E-state index contributed by atoms with van der Waals surface area (Å²) >= 11 is 0. The molecule has 0 radical (unpaired) electrons. The van der Waals surface area contributed by atoms with Gasteiger partial charge in [-0.15, -0.1) is 0 Å². The molecule has 6 nitrogen and oxygen atoms in total. The average molecular weight is 276 g/mol. The van der Waals surface area contributed by atoms with E-state index in [0.29, 0.717) is 18.9 Å². The Kier molecular flexibility index (Phi) is 4.60. The van der Waals surface area contributed by atoms with Gasteiger partial charge in [0.2, 0.25) is 0 Å². The van der Waals surface area contributed by atoms with E-state index in [9.17, 15) is 10.1 Å². The van der Waals surface area contributed by atoms with Gasteiger partial charge in [-0.3, -0.25) is 10.1 Å². The molecule has 0 bridgehead atoms. The van der Waals surface area contributed by atoms with Crippen LogP contribution in [0, 0.1) is 10.1 Å². The standard InChI is InChI=1S/C14H16N2O4/c1-2-9-19-12-5-3-11(4-6-12)15-10-13-7-8-14(20-13)16(17)18/h3-8,15H,2,9-10H2,1H3. The summed E-state index contributed by atoms with van der Waals surface area (Å²) in [7, 11) is 0. The molecule has 6 heteroatoms. The third kappa shape index (κ3) is 3.74. The molecular weight excluding hydrogens is 260 g/mol. The second-order valence-corrected chi connectivity index (χ2v) is 4.22. The van der Waals surface area contributed by atoms with Gasteiger partial charge in [-0.1, -0.05) is 6.92 Å². The van der Waals surface area contributed by atoms with Gasteiger partial charge in [0, 0.05) is 5.69 Å². The van der Waals surface area contributed by atoms with Crippen LogP contribution in [0.5, 0.6) is 5.75 Å². The number of furan rings is 1. The van der Waals surface area contributed by atoms with E-state index in [4.69, 9.17) is 9.15 Å². The first-order chi connectivity index (χ1) is 9.69. The molecular formula is C14H16N2O4. The molecule has 106 valence electrons. The number of nitro groups is 1. The maximum Gasteiger partial charge on any atom is 0.433 e. The summed E-state index contributed by atoms with van der Waals surface area (Å²) in [6.07, 6.45) is 0.970. The summed E-state index contributed by atoms with van der Waals surface area (Å²) < 4.78 is 10.5. The maximum atomic E-state index is 10.5. The minimum Gasteiger partial charge on any atom is -0.494 e. The van der Waals surface area contributed by atoms with Crippen molar-refractivity contribution in [1.29, 1.82) is 0 Å². The van der Waals surface area contributed by atoms with Crippen molar-refractivity contribution in [3.8, 4) is 5.75 Å². The lowest BCUT2D eigenvalue weighted by Gasteiger charge is -2.07. The van der Waals surface area contributed by atoms with E-state index in [2.05, 4.69) is 12.2 Å². The molecule has 0 spiro atoms. The minimum absolute atomic E-state index is 0.245. The normalized spacial score (nSPS) is 10.2. The van der Waals surface area contributed by atoms with Crippen LogP contribution in [0.15, 0.2) is 40.8 Å². The Bertz CT molecular complexity index is 563. The molecule has 1 aromatic heterocycles. The Morgan fingerprint density at radius 2 is 2.00 bits per heavy atom. The molecule has 0 aliphatic carbocycles. The van der Waals surface area contributed by atoms with Gasteiger partial charge in [-0.05, 0) is 36.8 Å². The zero-order valence-electron chi connectivity index (χ0n) is 11.2. The molecule has 0 fully saturated rings. The van der Waals surface area contributed by atoms with E-state index in [-0.39, 0.29) is 5.88 Å². The number of nitrogens with zero attached hydrogens (tertiary/aromatic N) is 1. The molecule has 2 aromatic rings. The molecule has 1 heterocycles. The Balaban J connectivity index is 1.88. The SMILES string of the molecule is CCCOc1ccc(NCc2ccc([N+](=O)[O-])o2)cc1. The number of hydrogen-bond acceptors (Lipinski definition) is 5. The van der Waals surface area contributed by atoms with E-state index in [0.717, 1.165) is 17.9 Å². The molecule has 0 atom stereocenters. The van der Waals surface area contributed by atoms with Gasteiger partial charge < -0.3 is 14.5 Å². The van der Waals surface area contributed by atoms with E-state index >= 15 is 0 Å². The quantitative estimate of drug-likeness (QED) is 0.617. The topological polar surface area (TPSA) is 77.5 Å². The van der Waals surface area contributed by atoms with Gasteiger partial charge in [0.15, 0.2) is 0 Å². The summed E-state index contributed by atoms with van der Waals surface area (Å²) in [5.41, 5.74) is 0.896. The van der Waals surface area contributed by atoms with Crippen LogP contribution in [0.4, 0.5) is 11.6 Å². The van der Waals surface area contributed by atoms with E-state index in [1.165, 1.54) is 6.07 Å². The molecule has 1 N–H and O–H groups in total. The van der Waals surface area contributed by atoms with Gasteiger partial charge in [0.05, 0.1) is 19.2 Å². The summed E-state index contributed by atoms with van der Waals surface area (Å²) in [5, 5.41) is 13.6. The van der Waals surface area contributed by atoms with Crippen molar-refractivity contribution in [2.45, 2.75) is 19.9 Å². The monoisotopic (exact) mass is 276 g/mol. The third-order valence-corrected chi connectivity index (χ3v) is 2.62. The predicted octanol–water partition coefficient (Wildman–Crippen LogP) is 3.59. The van der Waals surface area contributed by atoms with Gasteiger partial charge in [-0.25, -0.2) is 0 Å². The lowest BCUT2D eigenvalue weighted by molar-refractivity contribution is -0.402. The van der Waals surface area contributed by atoms with Crippen LogP contribution in [0.1, 0.15) is 19.1 Å². The minimum atomic E-state index is -0.552. The molecule has 0 amide bonds. The first kappa shape index (κ1) is 13.9. The summed E-state index contributed by atoms with van der Waals surface area (Å²) in [6.45, 7) is 3.14. The van der Waals surface area contributed by atoms with Crippen LogP contribution in [0.3, 0.4) is 0 Å². The fourth-order valence-corrected chi connectivity index (χ4v) is 1.64. The van der Waals surface area contributed by atoms with Crippen LogP contribution < -0.4 is 10.1 Å². The lowest BCUT2D eigenvalue weighted by Crippen LogP contribution is -1.99. The van der Waals surface area contributed by atoms with Crippen molar-refractivity contribution < 1.29 is 14.1 Å². The van der Waals surface area contributed by atoms with Gasteiger partial charge in [0.25, 0.3) is 0 Å². The van der Waals surface area contributed by atoms with Crippen LogP contribution in [-0.4, -0.2) is 11.5 Å². The average Bonchev–Trinajstić information content (AvgIpc) is 2.93. The van der Waals surface area contributed by atoms with Crippen molar-refractivity contribution in [3.63, 3.8) is 0 Å². The number of benzene rings is 1. The fourth-order valence-electron chi connectivity index (χ4n) is 1.64. The first-order valence-corrected chi connectivity index (χ1v) is 6.39. The Labute approximate surface area is 116 Å². The Morgan fingerprint density at radius 3 is 2.60 bits per heavy atom.